The van der Waals surface area contributed by atoms with Crippen LogP contribution in [-0.2, 0) is 0 Å². The number of hydrogen-bond acceptors (Lipinski definition) is 2. The molecule has 2 nitrogen and oxygen atoms in total. The number of nitrogens with one attached hydrogen (secondary N) is 1. The van der Waals surface area contributed by atoms with Gasteiger partial charge in [0.05, 0.1) is 0 Å². The highest BCUT2D eigenvalue weighted by atomic mass is 19.1. The summed E-state index contributed by atoms with van der Waals surface area (Å²) < 4.78 is 18.7. The van der Waals surface area contributed by atoms with E-state index in [1.807, 2.05) is 19.2 Å². The Morgan fingerprint density at radius 3 is 2.50 bits per heavy atom. The summed E-state index contributed by atoms with van der Waals surface area (Å²) in [4.78, 5) is 0. The van der Waals surface area contributed by atoms with E-state index in [-0.39, 0.29) is 5.82 Å². The molecule has 0 aliphatic rings. The molecule has 0 aliphatic carbocycles. The van der Waals surface area contributed by atoms with E-state index in [2.05, 4.69) is 25.2 Å². The van der Waals surface area contributed by atoms with Crippen LogP contribution in [0.15, 0.2) is 46.4 Å². The summed E-state index contributed by atoms with van der Waals surface area (Å²) in [5, 5.41) is 3.16. The van der Waals surface area contributed by atoms with E-state index in [9.17, 15) is 4.39 Å². The third-order valence-electron chi connectivity index (χ3n) is 3.21. The van der Waals surface area contributed by atoms with Crippen molar-refractivity contribution in [3.8, 4) is 11.3 Å². The average Bonchev–Trinajstić information content (AvgIpc) is 2.87. The molecular weight excluding hydrogens is 253 g/mol. The zero-order chi connectivity index (χ0) is 14.5. The molecule has 2 rings (SSSR count). The van der Waals surface area contributed by atoms with Gasteiger partial charge in [-0.15, -0.1) is 0 Å². The number of halogens is 1. The monoisotopic (exact) mass is 273 g/mol. The number of hydrogen-bond donors (Lipinski definition) is 1. The summed E-state index contributed by atoms with van der Waals surface area (Å²) in [5.41, 5.74) is 2.17. The maximum absolute atomic E-state index is 12.9. The fourth-order valence-corrected chi connectivity index (χ4v) is 2.01. The number of likely N-dealkylation sites (N-methyl/N-ethyl adjacent to an activating group) is 1. The van der Waals surface area contributed by atoms with Crippen molar-refractivity contribution in [1.29, 1.82) is 0 Å². The predicted molar refractivity (Wildman–Crippen MR) is 80.8 cm³/mol. The summed E-state index contributed by atoms with van der Waals surface area (Å²) in [7, 11) is 1.93. The molecule has 0 bridgehead atoms. The third-order valence-corrected chi connectivity index (χ3v) is 3.21. The number of rotatable bonds is 5. The standard InChI is InChI=1S/C17H20FNO/c1-12(2)14(11-19-3)10-16-8-9-17(20-16)13-4-6-15(18)7-5-13/h4-10,12,19H,11H2,1-3H3. The first-order valence-electron chi connectivity index (χ1n) is 6.81. The second-order valence-electron chi connectivity index (χ2n) is 5.11. The minimum Gasteiger partial charge on any atom is -0.457 e. The molecule has 1 N–H and O–H groups in total. The molecule has 1 aromatic heterocycles. The maximum atomic E-state index is 12.9. The van der Waals surface area contributed by atoms with Crippen molar-refractivity contribution in [2.24, 2.45) is 5.92 Å². The first-order chi connectivity index (χ1) is 9.60. The Bertz CT molecular complexity index is 581. The maximum Gasteiger partial charge on any atom is 0.134 e. The van der Waals surface area contributed by atoms with Crippen molar-refractivity contribution in [3.63, 3.8) is 0 Å². The Hall–Kier alpha value is -1.87. The zero-order valence-electron chi connectivity index (χ0n) is 12.1. The van der Waals surface area contributed by atoms with Gasteiger partial charge in [0.15, 0.2) is 0 Å². The molecule has 0 saturated heterocycles. The summed E-state index contributed by atoms with van der Waals surface area (Å²) in [5.74, 6) is 1.80. The van der Waals surface area contributed by atoms with E-state index in [0.717, 1.165) is 23.6 Å². The van der Waals surface area contributed by atoms with Crippen LogP contribution in [0.3, 0.4) is 0 Å². The number of benzene rings is 1. The fourth-order valence-electron chi connectivity index (χ4n) is 2.01. The molecule has 0 spiro atoms. The van der Waals surface area contributed by atoms with Gasteiger partial charge in [-0.05, 0) is 55.4 Å². The fraction of sp³-hybridized carbons (Fsp3) is 0.294. The molecule has 1 heterocycles. The first-order valence-corrected chi connectivity index (χ1v) is 6.81. The predicted octanol–water partition coefficient (Wildman–Crippen LogP) is 4.34. The quantitative estimate of drug-likeness (QED) is 0.876. The molecule has 0 amide bonds. The largest absolute Gasteiger partial charge is 0.457 e. The van der Waals surface area contributed by atoms with Gasteiger partial charge in [0.2, 0.25) is 0 Å². The summed E-state index contributed by atoms with van der Waals surface area (Å²) in [6, 6.07) is 10.2. The highest BCUT2D eigenvalue weighted by Crippen LogP contribution is 2.24. The smallest absolute Gasteiger partial charge is 0.134 e. The molecule has 0 unspecified atom stereocenters. The van der Waals surface area contributed by atoms with Crippen molar-refractivity contribution < 1.29 is 8.81 Å². The average molecular weight is 273 g/mol. The van der Waals surface area contributed by atoms with Crippen LogP contribution in [0.25, 0.3) is 17.4 Å². The van der Waals surface area contributed by atoms with E-state index in [4.69, 9.17) is 4.42 Å². The highest BCUT2D eigenvalue weighted by molar-refractivity contribution is 5.60. The van der Waals surface area contributed by atoms with E-state index in [1.165, 1.54) is 17.7 Å². The molecule has 3 heteroatoms. The van der Waals surface area contributed by atoms with Gasteiger partial charge < -0.3 is 9.73 Å². The van der Waals surface area contributed by atoms with E-state index >= 15 is 0 Å². The normalized spacial score (nSPS) is 12.2. The lowest BCUT2D eigenvalue weighted by atomic mass is 10.0. The van der Waals surface area contributed by atoms with Crippen LogP contribution in [0.1, 0.15) is 19.6 Å². The van der Waals surface area contributed by atoms with Crippen LogP contribution in [0.4, 0.5) is 4.39 Å². The van der Waals surface area contributed by atoms with Gasteiger partial charge in [-0.2, -0.15) is 0 Å². The summed E-state index contributed by atoms with van der Waals surface area (Å²) >= 11 is 0. The molecule has 0 radical (unpaired) electrons. The Morgan fingerprint density at radius 2 is 1.90 bits per heavy atom. The molecule has 0 aliphatic heterocycles. The molecule has 0 fully saturated rings. The van der Waals surface area contributed by atoms with Crippen LogP contribution in [0.2, 0.25) is 0 Å². The lowest BCUT2D eigenvalue weighted by Crippen LogP contribution is -2.13. The molecular formula is C17H20FNO. The van der Waals surface area contributed by atoms with E-state index in [0.29, 0.717) is 5.92 Å². The van der Waals surface area contributed by atoms with Gasteiger partial charge in [0.1, 0.15) is 17.3 Å². The Kier molecular flexibility index (Phi) is 4.74. The van der Waals surface area contributed by atoms with Crippen molar-refractivity contribution in [2.45, 2.75) is 13.8 Å². The highest BCUT2D eigenvalue weighted by Gasteiger charge is 2.07. The van der Waals surface area contributed by atoms with Crippen molar-refractivity contribution in [1.82, 2.24) is 5.32 Å². The van der Waals surface area contributed by atoms with Crippen molar-refractivity contribution in [3.05, 3.63) is 53.5 Å². The SMILES string of the molecule is CNCC(=Cc1ccc(-c2ccc(F)cc2)o1)C(C)C. The third kappa shape index (κ3) is 3.58. The lowest BCUT2D eigenvalue weighted by molar-refractivity contribution is 0.569. The molecule has 20 heavy (non-hydrogen) atoms. The van der Waals surface area contributed by atoms with E-state index < -0.39 is 0 Å². The second-order valence-corrected chi connectivity index (χ2v) is 5.11. The zero-order valence-corrected chi connectivity index (χ0v) is 12.1. The van der Waals surface area contributed by atoms with E-state index in [1.54, 1.807) is 12.1 Å². The molecule has 2 aromatic rings. The van der Waals surface area contributed by atoms with Gasteiger partial charge >= 0.3 is 0 Å². The Balaban J connectivity index is 2.24. The Labute approximate surface area is 119 Å². The molecule has 1 aromatic carbocycles. The van der Waals surface area contributed by atoms with Crippen molar-refractivity contribution >= 4 is 6.08 Å². The summed E-state index contributed by atoms with van der Waals surface area (Å²) in [6.45, 7) is 5.16. The van der Waals surface area contributed by atoms with Crippen LogP contribution < -0.4 is 5.32 Å². The minimum atomic E-state index is -0.239. The van der Waals surface area contributed by atoms with Gasteiger partial charge in [0.25, 0.3) is 0 Å². The second kappa shape index (κ2) is 6.53. The summed E-state index contributed by atoms with van der Waals surface area (Å²) in [6.07, 6.45) is 2.06. The first kappa shape index (κ1) is 14.5. The Morgan fingerprint density at radius 1 is 1.20 bits per heavy atom. The van der Waals surface area contributed by atoms with Crippen LogP contribution in [0, 0.1) is 11.7 Å². The van der Waals surface area contributed by atoms with Gasteiger partial charge in [-0.3, -0.25) is 0 Å². The molecule has 0 atom stereocenters. The topological polar surface area (TPSA) is 25.2 Å². The van der Waals surface area contributed by atoms with Crippen LogP contribution in [-0.4, -0.2) is 13.6 Å². The number of furan rings is 1. The van der Waals surface area contributed by atoms with Gasteiger partial charge in [0, 0.05) is 12.1 Å². The molecule has 106 valence electrons. The molecule has 0 saturated carbocycles. The van der Waals surface area contributed by atoms with Gasteiger partial charge in [-0.25, -0.2) is 4.39 Å². The van der Waals surface area contributed by atoms with Crippen molar-refractivity contribution in [2.75, 3.05) is 13.6 Å². The minimum absolute atomic E-state index is 0.239. The van der Waals surface area contributed by atoms with Crippen LogP contribution >= 0.6 is 0 Å². The lowest BCUT2D eigenvalue weighted by Gasteiger charge is -2.09. The van der Waals surface area contributed by atoms with Crippen LogP contribution in [0.5, 0.6) is 0 Å². The van der Waals surface area contributed by atoms with Gasteiger partial charge in [-0.1, -0.05) is 19.4 Å².